The summed E-state index contributed by atoms with van der Waals surface area (Å²) < 4.78 is 9.45. The number of halogens is 1. The van der Waals surface area contributed by atoms with Crippen molar-refractivity contribution < 1.29 is 14.3 Å². The molecule has 2 amide bonds. The number of carbonyl (C=O) groups excluding carboxylic acids is 2. The van der Waals surface area contributed by atoms with E-state index in [0.717, 1.165) is 18.7 Å². The Balaban J connectivity index is 1.52. The quantitative estimate of drug-likeness (QED) is 0.668. The predicted molar refractivity (Wildman–Crippen MR) is 108 cm³/mol. The average molecular weight is 468 g/mol. The molecule has 0 spiro atoms. The van der Waals surface area contributed by atoms with Crippen LogP contribution in [0.3, 0.4) is 0 Å². The Hall–Kier alpha value is -2.43. The highest BCUT2D eigenvalue weighted by molar-refractivity contribution is 9.10. The number of carbonyl (C=O) groups is 2. The summed E-state index contributed by atoms with van der Waals surface area (Å²) in [6.07, 6.45) is 4.49. The minimum absolute atomic E-state index is 0.161. The maximum Gasteiger partial charge on any atom is 0.407 e. The van der Waals surface area contributed by atoms with Gasteiger partial charge in [-0.3, -0.25) is 9.48 Å². The van der Waals surface area contributed by atoms with E-state index < -0.39 is 11.7 Å². The standard InChI is InChI=1S/C18H26BrN7O3/c1-18(2,3)29-17(28)21-9-12-4-6-26-14(8-12)13(10-22-26)16(27)20-5-7-25-11-15(19)23-24-25/h10-12H,4-9H2,1-3H3,(H,20,27)(H,21,28). The Bertz CT molecular complexity index is 871. The van der Waals surface area contributed by atoms with Gasteiger partial charge in [-0.1, -0.05) is 5.21 Å². The van der Waals surface area contributed by atoms with Crippen molar-refractivity contribution in [3.63, 3.8) is 0 Å². The molecule has 0 radical (unpaired) electrons. The fourth-order valence-electron chi connectivity index (χ4n) is 3.17. The summed E-state index contributed by atoms with van der Waals surface area (Å²) >= 11 is 3.24. The first-order valence-electron chi connectivity index (χ1n) is 9.56. The van der Waals surface area contributed by atoms with Crippen molar-refractivity contribution in [2.75, 3.05) is 13.1 Å². The van der Waals surface area contributed by atoms with Crippen molar-refractivity contribution in [1.82, 2.24) is 35.4 Å². The van der Waals surface area contributed by atoms with Gasteiger partial charge in [0.1, 0.15) is 10.2 Å². The van der Waals surface area contributed by atoms with Gasteiger partial charge >= 0.3 is 6.09 Å². The molecule has 1 unspecified atom stereocenters. The maximum atomic E-state index is 12.6. The molecule has 0 saturated carbocycles. The van der Waals surface area contributed by atoms with Gasteiger partial charge in [0.05, 0.1) is 30.2 Å². The molecule has 1 aliphatic rings. The van der Waals surface area contributed by atoms with Crippen molar-refractivity contribution in [2.45, 2.75) is 52.3 Å². The molecule has 3 rings (SSSR count). The molecular weight excluding hydrogens is 442 g/mol. The van der Waals surface area contributed by atoms with Crippen molar-refractivity contribution in [1.29, 1.82) is 0 Å². The van der Waals surface area contributed by atoms with Crippen LogP contribution in [0.4, 0.5) is 4.79 Å². The molecule has 2 N–H and O–H groups in total. The monoisotopic (exact) mass is 467 g/mol. The van der Waals surface area contributed by atoms with E-state index in [0.29, 0.717) is 36.2 Å². The highest BCUT2D eigenvalue weighted by Crippen LogP contribution is 2.22. The Morgan fingerprint density at radius 1 is 1.34 bits per heavy atom. The fraction of sp³-hybridized carbons (Fsp3) is 0.611. The summed E-state index contributed by atoms with van der Waals surface area (Å²) in [5, 5.41) is 17.8. The maximum absolute atomic E-state index is 12.6. The van der Waals surface area contributed by atoms with Gasteiger partial charge in [-0.05, 0) is 55.5 Å². The smallest absolute Gasteiger partial charge is 0.407 e. The van der Waals surface area contributed by atoms with Crippen LogP contribution in [0.2, 0.25) is 0 Å². The Labute approximate surface area is 177 Å². The third-order valence-corrected chi connectivity index (χ3v) is 4.86. The van der Waals surface area contributed by atoms with Crippen LogP contribution in [0, 0.1) is 5.92 Å². The van der Waals surface area contributed by atoms with Crippen molar-refractivity contribution in [3.05, 3.63) is 28.3 Å². The van der Waals surface area contributed by atoms with Crippen molar-refractivity contribution in [2.24, 2.45) is 5.92 Å². The highest BCUT2D eigenvalue weighted by Gasteiger charge is 2.26. The summed E-state index contributed by atoms with van der Waals surface area (Å²) in [4.78, 5) is 24.5. The number of aromatic nitrogens is 5. The van der Waals surface area contributed by atoms with Gasteiger partial charge in [-0.15, -0.1) is 5.10 Å². The van der Waals surface area contributed by atoms with Crippen molar-refractivity contribution >= 4 is 27.9 Å². The first-order chi connectivity index (χ1) is 13.7. The molecule has 11 heteroatoms. The van der Waals surface area contributed by atoms with Gasteiger partial charge in [-0.25, -0.2) is 9.48 Å². The van der Waals surface area contributed by atoms with Gasteiger partial charge in [0.25, 0.3) is 5.91 Å². The van der Waals surface area contributed by atoms with Crippen LogP contribution in [0.15, 0.2) is 17.0 Å². The number of nitrogens with one attached hydrogen (secondary N) is 2. The van der Waals surface area contributed by atoms with Crippen LogP contribution in [0.5, 0.6) is 0 Å². The summed E-state index contributed by atoms with van der Waals surface area (Å²) in [5.41, 5.74) is 0.947. The number of amides is 2. The summed E-state index contributed by atoms with van der Waals surface area (Å²) in [6, 6.07) is 0. The van der Waals surface area contributed by atoms with E-state index in [1.165, 1.54) is 0 Å². The number of ether oxygens (including phenoxy) is 1. The second-order valence-corrected chi connectivity index (χ2v) is 8.84. The summed E-state index contributed by atoms with van der Waals surface area (Å²) in [6.45, 7) is 7.67. The molecule has 0 aliphatic carbocycles. The minimum atomic E-state index is -0.525. The average Bonchev–Trinajstić information content (AvgIpc) is 3.24. The van der Waals surface area contributed by atoms with E-state index in [1.807, 2.05) is 25.5 Å². The van der Waals surface area contributed by atoms with E-state index in [2.05, 4.69) is 42.0 Å². The highest BCUT2D eigenvalue weighted by atomic mass is 79.9. The SMILES string of the molecule is CC(C)(C)OC(=O)NCC1CCn2ncc(C(=O)NCCn3cc(Br)nn3)c2C1. The first-order valence-corrected chi connectivity index (χ1v) is 10.4. The summed E-state index contributed by atoms with van der Waals surface area (Å²) in [7, 11) is 0. The molecule has 2 aromatic rings. The van der Waals surface area contributed by atoms with Crippen molar-refractivity contribution in [3.8, 4) is 0 Å². The predicted octanol–water partition coefficient (Wildman–Crippen LogP) is 1.75. The molecule has 0 aromatic carbocycles. The lowest BCUT2D eigenvalue weighted by molar-refractivity contribution is 0.0516. The molecule has 3 heterocycles. The zero-order chi connectivity index (χ0) is 21.0. The van der Waals surface area contributed by atoms with Crippen LogP contribution < -0.4 is 10.6 Å². The Kier molecular flexibility index (Phi) is 6.56. The third kappa shape index (κ3) is 6.02. The molecular formula is C18H26BrN7O3. The fourth-order valence-corrected chi connectivity index (χ4v) is 3.48. The van der Waals surface area contributed by atoms with Gasteiger partial charge in [0.15, 0.2) is 0 Å². The zero-order valence-electron chi connectivity index (χ0n) is 16.8. The van der Waals surface area contributed by atoms with Crippen LogP contribution in [-0.4, -0.2) is 55.5 Å². The lowest BCUT2D eigenvalue weighted by Crippen LogP contribution is -2.37. The molecule has 0 saturated heterocycles. The van der Waals surface area contributed by atoms with Gasteiger partial charge in [0, 0.05) is 19.6 Å². The Morgan fingerprint density at radius 2 is 2.14 bits per heavy atom. The Morgan fingerprint density at radius 3 is 2.83 bits per heavy atom. The molecule has 1 aliphatic heterocycles. The number of nitrogens with zero attached hydrogens (tertiary/aromatic N) is 5. The number of fused-ring (bicyclic) bond motifs is 1. The second-order valence-electron chi connectivity index (χ2n) is 8.03. The zero-order valence-corrected chi connectivity index (χ0v) is 18.4. The minimum Gasteiger partial charge on any atom is -0.444 e. The number of hydrogen-bond donors (Lipinski definition) is 2. The van der Waals surface area contributed by atoms with Gasteiger partial charge < -0.3 is 15.4 Å². The molecule has 29 heavy (non-hydrogen) atoms. The van der Waals surface area contributed by atoms with Gasteiger partial charge in [-0.2, -0.15) is 5.10 Å². The molecule has 1 atom stereocenters. The van der Waals surface area contributed by atoms with E-state index >= 15 is 0 Å². The summed E-state index contributed by atoms with van der Waals surface area (Å²) in [5.74, 6) is 0.0666. The van der Waals surface area contributed by atoms with E-state index in [1.54, 1.807) is 17.1 Å². The normalized spacial score (nSPS) is 16.2. The van der Waals surface area contributed by atoms with Crippen LogP contribution in [0.25, 0.3) is 0 Å². The number of alkyl carbamates (subject to hydrolysis) is 1. The molecule has 10 nitrogen and oxygen atoms in total. The number of aryl methyl sites for hydroxylation is 1. The van der Waals surface area contributed by atoms with E-state index in [4.69, 9.17) is 4.74 Å². The molecule has 2 aromatic heterocycles. The lowest BCUT2D eigenvalue weighted by atomic mass is 9.94. The third-order valence-electron chi connectivity index (χ3n) is 4.50. The molecule has 0 fully saturated rings. The van der Waals surface area contributed by atoms with E-state index in [9.17, 15) is 9.59 Å². The largest absolute Gasteiger partial charge is 0.444 e. The molecule has 0 bridgehead atoms. The number of hydrogen-bond acceptors (Lipinski definition) is 6. The van der Waals surface area contributed by atoms with Crippen LogP contribution in [0.1, 0.15) is 43.2 Å². The van der Waals surface area contributed by atoms with Crippen LogP contribution >= 0.6 is 15.9 Å². The lowest BCUT2D eigenvalue weighted by Gasteiger charge is -2.25. The molecule has 158 valence electrons. The first kappa shape index (κ1) is 21.3. The van der Waals surface area contributed by atoms with Gasteiger partial charge in [0.2, 0.25) is 0 Å². The topological polar surface area (TPSA) is 116 Å². The second kappa shape index (κ2) is 8.93. The van der Waals surface area contributed by atoms with Crippen LogP contribution in [-0.2, 0) is 24.2 Å². The van der Waals surface area contributed by atoms with E-state index in [-0.39, 0.29) is 11.8 Å². The number of rotatable bonds is 6.